The van der Waals surface area contributed by atoms with Crippen molar-refractivity contribution >= 4 is 17.6 Å². The molecule has 2 aromatic rings. The van der Waals surface area contributed by atoms with Crippen molar-refractivity contribution in [3.05, 3.63) is 41.4 Å². The van der Waals surface area contributed by atoms with Gasteiger partial charge in [-0.3, -0.25) is 14.8 Å². The number of hydroxylamine groups is 1. The van der Waals surface area contributed by atoms with E-state index in [0.717, 1.165) is 31.5 Å². The molecule has 0 saturated carbocycles. The molecule has 0 radical (unpaired) electrons. The van der Waals surface area contributed by atoms with Crippen LogP contribution in [0.4, 0.5) is 5.82 Å². The molecule has 1 saturated heterocycles. The summed E-state index contributed by atoms with van der Waals surface area (Å²) in [5.74, 6) is -0.297. The van der Waals surface area contributed by atoms with E-state index in [2.05, 4.69) is 26.1 Å². The molecule has 1 fully saturated rings. The highest BCUT2D eigenvalue weighted by Crippen LogP contribution is 2.29. The van der Waals surface area contributed by atoms with E-state index in [0.29, 0.717) is 24.5 Å². The third-order valence-electron chi connectivity index (χ3n) is 5.49. The van der Waals surface area contributed by atoms with Crippen LogP contribution in [0.25, 0.3) is 0 Å². The van der Waals surface area contributed by atoms with Gasteiger partial charge in [-0.1, -0.05) is 19.0 Å². The molecule has 1 atom stereocenters. The predicted molar refractivity (Wildman–Crippen MR) is 109 cm³/mol. The van der Waals surface area contributed by atoms with Gasteiger partial charge < -0.3 is 20.5 Å². The summed E-state index contributed by atoms with van der Waals surface area (Å²) in [6.45, 7) is 6.16. The molecule has 0 unspecified atom stereocenters. The average Bonchev–Trinajstić information content (AvgIpc) is 3.24. The Bertz CT molecular complexity index is 878. The Balaban J connectivity index is 1.61. The minimum atomic E-state index is -0.749. The maximum absolute atomic E-state index is 12.7. The maximum Gasteiger partial charge on any atom is 0.313 e. The van der Waals surface area contributed by atoms with E-state index in [1.807, 2.05) is 26.0 Å². The number of hydrogen-bond donors (Lipinski definition) is 5. The minimum absolute atomic E-state index is 0.00895. The Kier molecular flexibility index (Phi) is 7.14. The fourth-order valence-corrected chi connectivity index (χ4v) is 3.44. The van der Waals surface area contributed by atoms with Crippen LogP contribution in [0.5, 0.6) is 0 Å². The summed E-state index contributed by atoms with van der Waals surface area (Å²) in [6, 6.07) is 5.06. The molecule has 0 aliphatic carbocycles. The SMILES string of the molecule is CC[C@@H](NCc1ccnc(NC(=O)C2(C)CCNCC2)c1)c1cc(C(=O)NO)on1. The summed E-state index contributed by atoms with van der Waals surface area (Å²) >= 11 is 0. The molecular formula is C20H28N6O4. The minimum Gasteiger partial charge on any atom is -0.351 e. The smallest absolute Gasteiger partial charge is 0.313 e. The van der Waals surface area contributed by atoms with E-state index >= 15 is 0 Å². The molecule has 2 aromatic heterocycles. The topological polar surface area (TPSA) is 141 Å². The zero-order valence-corrected chi connectivity index (χ0v) is 17.2. The van der Waals surface area contributed by atoms with Gasteiger partial charge in [-0.15, -0.1) is 0 Å². The second kappa shape index (κ2) is 9.79. The lowest BCUT2D eigenvalue weighted by atomic mass is 9.80. The van der Waals surface area contributed by atoms with Crippen LogP contribution in [-0.4, -0.2) is 40.3 Å². The Morgan fingerprint density at radius 3 is 2.80 bits per heavy atom. The van der Waals surface area contributed by atoms with Crippen LogP contribution < -0.4 is 21.4 Å². The lowest BCUT2D eigenvalue weighted by Crippen LogP contribution is -2.43. The van der Waals surface area contributed by atoms with Gasteiger partial charge in [-0.05, 0) is 50.0 Å². The number of anilines is 1. The van der Waals surface area contributed by atoms with Crippen LogP contribution in [0.1, 0.15) is 61.0 Å². The zero-order chi connectivity index (χ0) is 21.6. The van der Waals surface area contributed by atoms with Crippen molar-refractivity contribution in [2.24, 2.45) is 5.41 Å². The monoisotopic (exact) mass is 416 g/mol. The van der Waals surface area contributed by atoms with Crippen LogP contribution in [0.3, 0.4) is 0 Å². The van der Waals surface area contributed by atoms with Crippen LogP contribution in [0.2, 0.25) is 0 Å². The van der Waals surface area contributed by atoms with Crippen molar-refractivity contribution in [1.82, 2.24) is 26.3 Å². The number of carbonyl (C=O) groups excluding carboxylic acids is 2. The van der Waals surface area contributed by atoms with E-state index in [-0.39, 0.29) is 23.1 Å². The highest BCUT2D eigenvalue weighted by Gasteiger charge is 2.34. The first-order valence-electron chi connectivity index (χ1n) is 10.1. The zero-order valence-electron chi connectivity index (χ0n) is 17.2. The van der Waals surface area contributed by atoms with E-state index in [1.165, 1.54) is 11.5 Å². The lowest BCUT2D eigenvalue weighted by molar-refractivity contribution is -0.126. The van der Waals surface area contributed by atoms with Gasteiger partial charge in [0.1, 0.15) is 11.5 Å². The normalized spacial score (nSPS) is 16.6. The van der Waals surface area contributed by atoms with Gasteiger partial charge >= 0.3 is 5.91 Å². The number of rotatable bonds is 8. The molecular weight excluding hydrogens is 388 g/mol. The number of piperidine rings is 1. The first-order valence-corrected chi connectivity index (χ1v) is 10.1. The summed E-state index contributed by atoms with van der Waals surface area (Å²) in [5, 5.41) is 22.2. The van der Waals surface area contributed by atoms with Gasteiger partial charge in [0.2, 0.25) is 11.7 Å². The van der Waals surface area contributed by atoms with Crippen LogP contribution in [0.15, 0.2) is 28.9 Å². The van der Waals surface area contributed by atoms with Crippen molar-refractivity contribution in [3.63, 3.8) is 0 Å². The number of pyridine rings is 1. The molecule has 3 heterocycles. The molecule has 2 amide bonds. The maximum atomic E-state index is 12.7. The third-order valence-corrected chi connectivity index (χ3v) is 5.49. The van der Waals surface area contributed by atoms with Gasteiger partial charge in [0.25, 0.3) is 0 Å². The fraction of sp³-hybridized carbons (Fsp3) is 0.500. The summed E-state index contributed by atoms with van der Waals surface area (Å²) < 4.78 is 4.96. The molecule has 10 heteroatoms. The summed E-state index contributed by atoms with van der Waals surface area (Å²) in [6.07, 6.45) is 3.98. The second-order valence-electron chi connectivity index (χ2n) is 7.71. The Labute approximate surface area is 174 Å². The number of nitrogens with one attached hydrogen (secondary N) is 4. The summed E-state index contributed by atoms with van der Waals surface area (Å²) in [7, 11) is 0. The van der Waals surface area contributed by atoms with Crippen molar-refractivity contribution in [3.8, 4) is 0 Å². The van der Waals surface area contributed by atoms with Crippen molar-refractivity contribution in [1.29, 1.82) is 0 Å². The molecule has 0 aromatic carbocycles. The van der Waals surface area contributed by atoms with Crippen molar-refractivity contribution in [2.75, 3.05) is 18.4 Å². The average molecular weight is 416 g/mol. The first-order chi connectivity index (χ1) is 14.4. The Morgan fingerprint density at radius 1 is 1.33 bits per heavy atom. The van der Waals surface area contributed by atoms with E-state index < -0.39 is 5.91 Å². The molecule has 0 bridgehead atoms. The van der Waals surface area contributed by atoms with E-state index in [9.17, 15) is 9.59 Å². The number of carbonyl (C=O) groups is 2. The molecule has 1 aliphatic rings. The Hall–Kier alpha value is -2.82. The van der Waals surface area contributed by atoms with Gasteiger partial charge in [0.15, 0.2) is 0 Å². The third kappa shape index (κ3) is 5.21. The van der Waals surface area contributed by atoms with Gasteiger partial charge in [-0.2, -0.15) is 0 Å². The summed E-state index contributed by atoms with van der Waals surface area (Å²) in [4.78, 5) is 28.4. The van der Waals surface area contributed by atoms with E-state index in [4.69, 9.17) is 9.73 Å². The Morgan fingerprint density at radius 2 is 2.10 bits per heavy atom. The van der Waals surface area contributed by atoms with E-state index in [1.54, 1.807) is 6.20 Å². The number of hydrogen-bond acceptors (Lipinski definition) is 8. The summed E-state index contributed by atoms with van der Waals surface area (Å²) in [5.41, 5.74) is 2.65. The largest absolute Gasteiger partial charge is 0.351 e. The first kappa shape index (κ1) is 21.9. The number of nitrogens with zero attached hydrogens (tertiary/aromatic N) is 2. The molecule has 5 N–H and O–H groups in total. The molecule has 0 spiro atoms. The fourth-order valence-electron chi connectivity index (χ4n) is 3.44. The predicted octanol–water partition coefficient (Wildman–Crippen LogP) is 1.76. The number of aromatic nitrogens is 2. The van der Waals surface area contributed by atoms with Crippen molar-refractivity contribution < 1.29 is 19.3 Å². The standard InChI is InChI=1S/C20H28N6O4/c1-3-14(15-11-16(30-26-15)18(27)25-29)23-12-13-4-7-22-17(10-13)24-19(28)20(2)5-8-21-9-6-20/h4,7,10-11,14,21,23,29H,3,5-6,8-9,12H2,1-2H3,(H,25,27)(H,22,24,28)/t14-/m1/s1. The van der Waals surface area contributed by atoms with Crippen molar-refractivity contribution in [2.45, 2.75) is 45.7 Å². The van der Waals surface area contributed by atoms with Crippen LogP contribution in [0, 0.1) is 5.41 Å². The van der Waals surface area contributed by atoms with Crippen LogP contribution >= 0.6 is 0 Å². The molecule has 30 heavy (non-hydrogen) atoms. The van der Waals surface area contributed by atoms with Gasteiger partial charge in [0.05, 0.1) is 6.04 Å². The quantitative estimate of drug-likeness (QED) is 0.324. The molecule has 10 nitrogen and oxygen atoms in total. The van der Waals surface area contributed by atoms with Crippen LogP contribution in [-0.2, 0) is 11.3 Å². The molecule has 1 aliphatic heterocycles. The lowest BCUT2D eigenvalue weighted by Gasteiger charge is -2.32. The highest BCUT2D eigenvalue weighted by atomic mass is 16.5. The second-order valence-corrected chi connectivity index (χ2v) is 7.71. The number of amides is 2. The molecule has 162 valence electrons. The molecule has 3 rings (SSSR count). The van der Waals surface area contributed by atoms with Gasteiger partial charge in [-0.25, -0.2) is 10.5 Å². The highest BCUT2D eigenvalue weighted by molar-refractivity contribution is 5.94. The van der Waals surface area contributed by atoms with Gasteiger partial charge in [0, 0.05) is 24.2 Å².